The number of hydrogen-bond donors (Lipinski definition) is 2. The van der Waals surface area contributed by atoms with Crippen molar-refractivity contribution in [1.29, 1.82) is 0 Å². The number of benzene rings is 2. The molecule has 0 aromatic heterocycles. The zero-order valence-electron chi connectivity index (χ0n) is 12.9. The van der Waals surface area contributed by atoms with Crippen molar-refractivity contribution in [3.05, 3.63) is 69.7 Å². The number of nitrogens with zero attached hydrogens (tertiary/aromatic N) is 2. The molecule has 0 spiro atoms. The first-order valence-corrected chi connectivity index (χ1v) is 7.94. The zero-order valence-corrected chi connectivity index (χ0v) is 14.5. The highest BCUT2D eigenvalue weighted by Crippen LogP contribution is 2.12. The second-order valence-electron chi connectivity index (χ2n) is 4.81. The van der Waals surface area contributed by atoms with Crippen LogP contribution in [0, 0.1) is 0 Å². The average Bonchev–Trinajstić information content (AvgIpc) is 2.58. The number of hydrogen-bond acceptors (Lipinski definition) is 4. The van der Waals surface area contributed by atoms with E-state index < -0.39 is 18.2 Å². The minimum absolute atomic E-state index is 0.417. The third-order valence-electron chi connectivity index (χ3n) is 2.92. The number of halogens is 2. The molecule has 0 fully saturated rings. The van der Waals surface area contributed by atoms with Gasteiger partial charge in [-0.1, -0.05) is 59.6 Å². The van der Waals surface area contributed by atoms with Gasteiger partial charge in [-0.05, 0) is 12.1 Å². The fraction of sp³-hybridized carbons (Fsp3) is 0.0588. The van der Waals surface area contributed by atoms with E-state index in [0.717, 1.165) is 0 Å². The summed E-state index contributed by atoms with van der Waals surface area (Å²) < 4.78 is 0. The lowest BCUT2D eigenvalue weighted by molar-refractivity contribution is -0.129. The molecule has 2 rings (SSSR count). The van der Waals surface area contributed by atoms with Crippen LogP contribution in [0.2, 0.25) is 10.0 Å². The van der Waals surface area contributed by atoms with Gasteiger partial charge >= 0.3 is 0 Å². The SMILES string of the molecule is O=C(CC(=O)N/N=C\c1ccccc1Cl)N/N=C\c1ccccc1Cl. The van der Waals surface area contributed by atoms with Gasteiger partial charge in [0.25, 0.3) is 0 Å². The predicted octanol–water partition coefficient (Wildman–Crippen LogP) is 2.98. The third kappa shape index (κ3) is 6.37. The number of carbonyl (C=O) groups is 2. The quantitative estimate of drug-likeness (QED) is 0.461. The topological polar surface area (TPSA) is 82.9 Å². The van der Waals surface area contributed by atoms with E-state index >= 15 is 0 Å². The van der Waals surface area contributed by atoms with Gasteiger partial charge in [0.15, 0.2) is 0 Å². The van der Waals surface area contributed by atoms with Crippen LogP contribution < -0.4 is 10.9 Å². The summed E-state index contributed by atoms with van der Waals surface area (Å²) >= 11 is 11.9. The van der Waals surface area contributed by atoms with E-state index in [1.807, 2.05) is 0 Å². The predicted molar refractivity (Wildman–Crippen MR) is 99.0 cm³/mol. The van der Waals surface area contributed by atoms with Crippen LogP contribution in [-0.2, 0) is 9.59 Å². The van der Waals surface area contributed by atoms with Gasteiger partial charge in [0, 0.05) is 21.2 Å². The van der Waals surface area contributed by atoms with Gasteiger partial charge in [-0.25, -0.2) is 10.9 Å². The molecule has 2 aromatic carbocycles. The van der Waals surface area contributed by atoms with Crippen LogP contribution in [0.15, 0.2) is 58.7 Å². The maximum Gasteiger partial charge on any atom is 0.249 e. The van der Waals surface area contributed by atoms with Crippen molar-refractivity contribution in [1.82, 2.24) is 10.9 Å². The molecule has 25 heavy (non-hydrogen) atoms. The molecule has 0 saturated carbocycles. The molecule has 2 N–H and O–H groups in total. The molecule has 2 amide bonds. The number of carbonyl (C=O) groups excluding carboxylic acids is 2. The molecular weight excluding hydrogens is 363 g/mol. The maximum atomic E-state index is 11.6. The first-order chi connectivity index (χ1) is 12.1. The Morgan fingerprint density at radius 2 is 1.20 bits per heavy atom. The van der Waals surface area contributed by atoms with E-state index in [0.29, 0.717) is 21.2 Å². The molecular formula is C17H14Cl2N4O2. The van der Waals surface area contributed by atoms with E-state index in [1.165, 1.54) is 12.4 Å². The number of hydrazone groups is 2. The minimum atomic E-state index is -0.575. The third-order valence-corrected chi connectivity index (χ3v) is 3.61. The Morgan fingerprint density at radius 1 is 0.800 bits per heavy atom. The lowest BCUT2D eigenvalue weighted by Gasteiger charge is -2.00. The second-order valence-corrected chi connectivity index (χ2v) is 5.62. The Labute approximate surface area is 154 Å². The Hall–Kier alpha value is -2.70. The fourth-order valence-corrected chi connectivity index (χ4v) is 2.10. The molecule has 6 nitrogen and oxygen atoms in total. The maximum absolute atomic E-state index is 11.6. The molecule has 0 radical (unpaired) electrons. The van der Waals surface area contributed by atoms with E-state index in [4.69, 9.17) is 23.2 Å². The van der Waals surface area contributed by atoms with Gasteiger partial charge < -0.3 is 0 Å². The van der Waals surface area contributed by atoms with Crippen molar-refractivity contribution in [2.45, 2.75) is 6.42 Å². The molecule has 2 aromatic rings. The highest BCUT2D eigenvalue weighted by molar-refractivity contribution is 6.33. The highest BCUT2D eigenvalue weighted by Gasteiger charge is 2.07. The van der Waals surface area contributed by atoms with Crippen LogP contribution in [0.1, 0.15) is 17.5 Å². The molecule has 0 aliphatic heterocycles. The van der Waals surface area contributed by atoms with Gasteiger partial charge in [-0.15, -0.1) is 0 Å². The average molecular weight is 377 g/mol. The first-order valence-electron chi connectivity index (χ1n) is 7.19. The van der Waals surface area contributed by atoms with Crippen molar-refractivity contribution in [3.63, 3.8) is 0 Å². The molecule has 0 aliphatic carbocycles. The van der Waals surface area contributed by atoms with E-state index in [1.54, 1.807) is 48.5 Å². The summed E-state index contributed by atoms with van der Waals surface area (Å²) in [6, 6.07) is 14.0. The molecule has 8 heteroatoms. The van der Waals surface area contributed by atoms with Gasteiger partial charge in [0.05, 0.1) is 12.4 Å². The van der Waals surface area contributed by atoms with E-state index in [9.17, 15) is 9.59 Å². The molecule has 0 saturated heterocycles. The zero-order chi connectivity index (χ0) is 18.1. The van der Waals surface area contributed by atoms with Gasteiger partial charge in [-0.2, -0.15) is 10.2 Å². The lowest BCUT2D eigenvalue weighted by atomic mass is 10.2. The number of amides is 2. The Kier molecular flexibility index (Phi) is 7.13. The largest absolute Gasteiger partial charge is 0.273 e. The number of rotatable bonds is 6. The summed E-state index contributed by atoms with van der Waals surface area (Å²) in [6.07, 6.45) is 2.38. The van der Waals surface area contributed by atoms with Gasteiger partial charge in [0.1, 0.15) is 6.42 Å². The van der Waals surface area contributed by atoms with Crippen LogP contribution in [0.25, 0.3) is 0 Å². The molecule has 0 heterocycles. The summed E-state index contributed by atoms with van der Waals surface area (Å²) in [5.41, 5.74) is 5.79. The van der Waals surface area contributed by atoms with Crippen LogP contribution in [0.3, 0.4) is 0 Å². The van der Waals surface area contributed by atoms with Crippen molar-refractivity contribution in [3.8, 4) is 0 Å². The molecule has 128 valence electrons. The van der Waals surface area contributed by atoms with Crippen LogP contribution >= 0.6 is 23.2 Å². The fourth-order valence-electron chi connectivity index (χ4n) is 1.73. The summed E-state index contributed by atoms with van der Waals surface area (Å²) in [5.74, 6) is -1.15. The summed E-state index contributed by atoms with van der Waals surface area (Å²) in [6.45, 7) is 0. The number of nitrogens with one attached hydrogen (secondary N) is 2. The van der Waals surface area contributed by atoms with Gasteiger partial charge in [-0.3, -0.25) is 9.59 Å². The van der Waals surface area contributed by atoms with Crippen LogP contribution in [0.5, 0.6) is 0 Å². The lowest BCUT2D eigenvalue weighted by Crippen LogP contribution is -2.27. The van der Waals surface area contributed by atoms with Crippen molar-refractivity contribution >= 4 is 47.4 Å². The molecule has 0 aliphatic rings. The van der Waals surface area contributed by atoms with E-state index in [2.05, 4.69) is 21.1 Å². The molecule has 0 bridgehead atoms. The first kappa shape index (κ1) is 18.6. The minimum Gasteiger partial charge on any atom is -0.273 e. The Bertz CT molecular complexity index is 754. The normalized spacial score (nSPS) is 11.0. The molecule has 0 unspecified atom stereocenters. The highest BCUT2D eigenvalue weighted by atomic mass is 35.5. The van der Waals surface area contributed by atoms with Crippen molar-refractivity contribution in [2.24, 2.45) is 10.2 Å². The Balaban J connectivity index is 1.77. The Morgan fingerprint density at radius 3 is 1.60 bits per heavy atom. The van der Waals surface area contributed by atoms with Crippen LogP contribution in [-0.4, -0.2) is 24.2 Å². The smallest absolute Gasteiger partial charge is 0.249 e. The van der Waals surface area contributed by atoms with E-state index in [-0.39, 0.29) is 0 Å². The summed E-state index contributed by atoms with van der Waals surface area (Å²) in [7, 11) is 0. The summed E-state index contributed by atoms with van der Waals surface area (Å²) in [4.78, 5) is 23.2. The molecule has 0 atom stereocenters. The standard InChI is InChI=1S/C17H14Cl2N4O2/c18-14-7-3-1-5-12(14)10-20-22-16(24)9-17(25)23-21-11-13-6-2-4-8-15(13)19/h1-8,10-11H,9H2,(H,22,24)(H,23,25)/b20-10-,21-11-. The van der Waals surface area contributed by atoms with Gasteiger partial charge in [0.2, 0.25) is 11.8 Å². The second kappa shape index (κ2) is 9.56. The van der Waals surface area contributed by atoms with Crippen LogP contribution in [0.4, 0.5) is 0 Å². The van der Waals surface area contributed by atoms with Crippen molar-refractivity contribution < 1.29 is 9.59 Å². The van der Waals surface area contributed by atoms with Crippen molar-refractivity contribution in [2.75, 3.05) is 0 Å². The summed E-state index contributed by atoms with van der Waals surface area (Å²) in [5, 5.41) is 8.51. The monoisotopic (exact) mass is 376 g/mol.